The summed E-state index contributed by atoms with van der Waals surface area (Å²) in [5.74, 6) is 0.986. The zero-order valence-electron chi connectivity index (χ0n) is 18.6. The van der Waals surface area contributed by atoms with Crippen LogP contribution in [0.2, 0.25) is 0 Å². The lowest BCUT2D eigenvalue weighted by Gasteiger charge is -2.28. The lowest BCUT2D eigenvalue weighted by Crippen LogP contribution is -2.39. The Hall–Kier alpha value is -3.11. The third-order valence-electron chi connectivity index (χ3n) is 5.88. The minimum atomic E-state index is -0.378. The van der Waals surface area contributed by atoms with E-state index in [1.54, 1.807) is 19.2 Å². The van der Waals surface area contributed by atoms with Crippen molar-refractivity contribution in [3.63, 3.8) is 0 Å². The van der Waals surface area contributed by atoms with Gasteiger partial charge < -0.3 is 24.6 Å². The number of aromatic nitrogens is 4. The number of hydrogen-bond donors (Lipinski definition) is 2. The molecule has 0 spiro atoms. The molecule has 1 aliphatic rings. The molecule has 0 unspecified atom stereocenters. The fraction of sp³-hybridized carbons (Fsp3) is 0.500. The fourth-order valence-corrected chi connectivity index (χ4v) is 4.03. The number of fused-ring (bicyclic) bond motifs is 1. The summed E-state index contributed by atoms with van der Waals surface area (Å²) in [7, 11) is 3.15. The number of anilines is 1. The molecule has 10 heteroatoms. The first-order chi connectivity index (χ1) is 15.5. The molecule has 0 amide bonds. The smallest absolute Gasteiger partial charge is 0.332 e. The number of ether oxygens (including phenoxy) is 1. The highest BCUT2D eigenvalue weighted by molar-refractivity contribution is 5.74. The minimum Gasteiger partial charge on any atom is -0.508 e. The molecule has 172 valence electrons. The monoisotopic (exact) mass is 442 g/mol. The Morgan fingerprint density at radius 2 is 1.78 bits per heavy atom. The number of phenols is 1. The number of aromatic hydroxyl groups is 1. The number of nitrogens with one attached hydrogen (secondary N) is 1. The second kappa shape index (κ2) is 9.58. The van der Waals surface area contributed by atoms with Crippen LogP contribution in [0.5, 0.6) is 5.75 Å². The predicted molar refractivity (Wildman–Crippen MR) is 123 cm³/mol. The molecule has 0 atom stereocenters. The van der Waals surface area contributed by atoms with E-state index in [0.717, 1.165) is 36.1 Å². The van der Waals surface area contributed by atoms with Gasteiger partial charge in [-0.1, -0.05) is 12.1 Å². The van der Waals surface area contributed by atoms with E-state index in [9.17, 15) is 14.7 Å². The number of benzene rings is 1. The molecule has 3 heterocycles. The van der Waals surface area contributed by atoms with Crippen LogP contribution < -0.4 is 21.5 Å². The van der Waals surface area contributed by atoms with E-state index in [0.29, 0.717) is 50.0 Å². The van der Waals surface area contributed by atoms with Crippen molar-refractivity contribution in [3.8, 4) is 5.75 Å². The van der Waals surface area contributed by atoms with E-state index in [4.69, 9.17) is 9.72 Å². The molecule has 1 aromatic carbocycles. The summed E-state index contributed by atoms with van der Waals surface area (Å²) in [5.41, 5.74) is 1.34. The van der Waals surface area contributed by atoms with E-state index in [-0.39, 0.29) is 17.0 Å². The molecule has 32 heavy (non-hydrogen) atoms. The van der Waals surface area contributed by atoms with Crippen molar-refractivity contribution in [1.82, 2.24) is 24.0 Å². The maximum atomic E-state index is 12.9. The van der Waals surface area contributed by atoms with Crippen molar-refractivity contribution in [2.75, 3.05) is 44.3 Å². The van der Waals surface area contributed by atoms with Crippen LogP contribution in [-0.2, 0) is 31.8 Å². The van der Waals surface area contributed by atoms with Crippen molar-refractivity contribution in [1.29, 1.82) is 0 Å². The van der Waals surface area contributed by atoms with Crippen molar-refractivity contribution < 1.29 is 9.84 Å². The molecule has 2 aromatic heterocycles. The van der Waals surface area contributed by atoms with Gasteiger partial charge in [-0.2, -0.15) is 4.98 Å². The molecule has 1 fully saturated rings. The number of hydrogen-bond acceptors (Lipinski definition) is 7. The number of nitrogens with zero attached hydrogens (tertiary/aromatic N) is 5. The highest BCUT2D eigenvalue weighted by Gasteiger charge is 2.23. The highest BCUT2D eigenvalue weighted by atomic mass is 16.5. The van der Waals surface area contributed by atoms with E-state index in [2.05, 4.69) is 10.2 Å². The molecule has 1 saturated heterocycles. The molecule has 0 saturated carbocycles. The zero-order chi connectivity index (χ0) is 22.7. The topological polar surface area (TPSA) is 107 Å². The summed E-state index contributed by atoms with van der Waals surface area (Å²) in [6.07, 6.45) is 1.68. The summed E-state index contributed by atoms with van der Waals surface area (Å²) in [4.78, 5) is 32.2. The summed E-state index contributed by atoms with van der Waals surface area (Å²) in [6.45, 7) is 4.83. The van der Waals surface area contributed by atoms with Gasteiger partial charge in [-0.05, 0) is 43.6 Å². The van der Waals surface area contributed by atoms with Crippen molar-refractivity contribution in [2.45, 2.75) is 19.4 Å². The Kier molecular flexibility index (Phi) is 6.61. The lowest BCUT2D eigenvalue weighted by molar-refractivity contribution is 0.121. The summed E-state index contributed by atoms with van der Waals surface area (Å²) >= 11 is 0. The molecule has 3 aromatic rings. The highest BCUT2D eigenvalue weighted by Crippen LogP contribution is 2.21. The predicted octanol–water partition coefficient (Wildman–Crippen LogP) is 0.198. The summed E-state index contributed by atoms with van der Waals surface area (Å²) < 4.78 is 9.99. The van der Waals surface area contributed by atoms with Crippen LogP contribution >= 0.6 is 0 Å². The number of phenolic OH excluding ortho intramolecular Hbond substituents is 1. The van der Waals surface area contributed by atoms with Crippen LogP contribution in [0.15, 0.2) is 33.9 Å². The standard InChI is InChI=1S/C22H30N6O4/c1-25-19-18(20(30)26(2)22(25)31)28(21(24-19)27-12-14-32-15-13-27)11-3-9-23-10-8-16-4-6-17(29)7-5-16/h4-7,23,29H,3,8-15H2,1-2H3. The number of morpholine rings is 1. The number of aryl methyl sites for hydroxylation is 2. The maximum Gasteiger partial charge on any atom is 0.332 e. The minimum absolute atomic E-state index is 0.272. The molecule has 10 nitrogen and oxygen atoms in total. The van der Waals surface area contributed by atoms with Crippen LogP contribution in [0.25, 0.3) is 11.2 Å². The average Bonchev–Trinajstić information content (AvgIpc) is 3.20. The first-order valence-electron chi connectivity index (χ1n) is 10.9. The second-order valence-electron chi connectivity index (χ2n) is 8.06. The normalized spacial score (nSPS) is 14.4. The molecular weight excluding hydrogens is 412 g/mol. The Labute approximate surface area is 185 Å². The van der Waals surface area contributed by atoms with Gasteiger partial charge in [0.15, 0.2) is 11.2 Å². The third-order valence-corrected chi connectivity index (χ3v) is 5.88. The summed E-state index contributed by atoms with van der Waals surface area (Å²) in [6, 6.07) is 7.23. The molecule has 0 radical (unpaired) electrons. The fourth-order valence-electron chi connectivity index (χ4n) is 4.03. The Morgan fingerprint density at radius 3 is 2.50 bits per heavy atom. The second-order valence-corrected chi connectivity index (χ2v) is 8.06. The van der Waals surface area contributed by atoms with E-state index in [1.807, 2.05) is 16.7 Å². The van der Waals surface area contributed by atoms with Gasteiger partial charge in [-0.25, -0.2) is 4.79 Å². The Balaban J connectivity index is 1.49. The lowest BCUT2D eigenvalue weighted by atomic mass is 10.1. The molecule has 0 aliphatic carbocycles. The van der Waals surface area contributed by atoms with Gasteiger partial charge in [0.1, 0.15) is 5.75 Å². The Bertz CT molecular complexity index is 1190. The van der Waals surface area contributed by atoms with E-state index >= 15 is 0 Å². The molecular formula is C22H30N6O4. The van der Waals surface area contributed by atoms with Gasteiger partial charge in [0, 0.05) is 33.7 Å². The van der Waals surface area contributed by atoms with Gasteiger partial charge in [0.25, 0.3) is 5.56 Å². The number of rotatable bonds is 8. The summed E-state index contributed by atoms with van der Waals surface area (Å²) in [5, 5.41) is 12.8. The quantitative estimate of drug-likeness (QED) is 0.480. The van der Waals surface area contributed by atoms with Crippen molar-refractivity contribution in [2.24, 2.45) is 14.1 Å². The van der Waals surface area contributed by atoms with Crippen LogP contribution in [0.1, 0.15) is 12.0 Å². The van der Waals surface area contributed by atoms with E-state index in [1.165, 1.54) is 11.6 Å². The largest absolute Gasteiger partial charge is 0.508 e. The molecule has 1 aliphatic heterocycles. The average molecular weight is 443 g/mol. The van der Waals surface area contributed by atoms with Crippen LogP contribution in [0, 0.1) is 0 Å². The molecule has 0 bridgehead atoms. The number of imidazole rings is 1. The Morgan fingerprint density at radius 1 is 1.06 bits per heavy atom. The zero-order valence-corrected chi connectivity index (χ0v) is 18.6. The van der Waals surface area contributed by atoms with Crippen molar-refractivity contribution >= 4 is 17.1 Å². The van der Waals surface area contributed by atoms with Crippen LogP contribution in [-0.4, -0.2) is 63.2 Å². The van der Waals surface area contributed by atoms with Gasteiger partial charge in [0.2, 0.25) is 5.95 Å². The van der Waals surface area contributed by atoms with Gasteiger partial charge in [0.05, 0.1) is 13.2 Å². The molecule has 4 rings (SSSR count). The maximum absolute atomic E-state index is 12.9. The molecule has 2 N–H and O–H groups in total. The van der Waals surface area contributed by atoms with Gasteiger partial charge >= 0.3 is 5.69 Å². The van der Waals surface area contributed by atoms with Gasteiger partial charge in [-0.3, -0.25) is 13.9 Å². The van der Waals surface area contributed by atoms with Crippen molar-refractivity contribution in [3.05, 3.63) is 50.7 Å². The first kappa shape index (κ1) is 22.1. The third kappa shape index (κ3) is 4.42. The van der Waals surface area contributed by atoms with Gasteiger partial charge in [-0.15, -0.1) is 0 Å². The van der Waals surface area contributed by atoms with E-state index < -0.39 is 0 Å². The van der Waals surface area contributed by atoms with Crippen LogP contribution in [0.4, 0.5) is 5.95 Å². The first-order valence-corrected chi connectivity index (χ1v) is 10.9. The SMILES string of the molecule is Cn1c(=O)c2c(nc(N3CCOCC3)n2CCCNCCc2ccc(O)cc2)n(C)c1=O. The van der Waals surface area contributed by atoms with Crippen LogP contribution in [0.3, 0.4) is 0 Å².